The van der Waals surface area contributed by atoms with Crippen molar-refractivity contribution in [2.75, 3.05) is 26.7 Å². The maximum absolute atomic E-state index is 11.6. The number of ether oxygens (including phenoxy) is 1. The maximum atomic E-state index is 11.6. The highest BCUT2D eigenvalue weighted by molar-refractivity contribution is 5.75. The van der Waals surface area contributed by atoms with E-state index in [1.54, 1.807) is 0 Å². The first-order chi connectivity index (χ1) is 8.19. The molecule has 0 aromatic carbocycles. The molecule has 0 saturated carbocycles. The molecule has 17 heavy (non-hydrogen) atoms. The third-order valence-electron chi connectivity index (χ3n) is 3.58. The van der Waals surface area contributed by atoms with Gasteiger partial charge in [-0.15, -0.1) is 0 Å². The molecule has 1 aliphatic rings. The van der Waals surface area contributed by atoms with Crippen LogP contribution in [0, 0.1) is 0 Å². The Morgan fingerprint density at radius 1 is 1.53 bits per heavy atom. The number of rotatable bonds is 6. The standard InChI is InChI=1S/C13H26N2O2/c1-4-14-12(13(16)17-3)8-10-15-9-6-5-7-11(15)2/h11-12,14H,4-10H2,1-3H3. The van der Waals surface area contributed by atoms with E-state index < -0.39 is 0 Å². The summed E-state index contributed by atoms with van der Waals surface area (Å²) in [7, 11) is 1.45. The molecular weight excluding hydrogens is 216 g/mol. The van der Waals surface area contributed by atoms with Gasteiger partial charge in [0, 0.05) is 12.6 Å². The quantitative estimate of drug-likeness (QED) is 0.715. The Morgan fingerprint density at radius 2 is 2.29 bits per heavy atom. The molecule has 0 aromatic heterocycles. The van der Waals surface area contributed by atoms with Crippen molar-refractivity contribution in [3.63, 3.8) is 0 Å². The van der Waals surface area contributed by atoms with E-state index in [2.05, 4.69) is 17.1 Å². The van der Waals surface area contributed by atoms with Crippen molar-refractivity contribution >= 4 is 5.97 Å². The number of esters is 1. The van der Waals surface area contributed by atoms with Gasteiger partial charge >= 0.3 is 5.97 Å². The smallest absolute Gasteiger partial charge is 0.322 e. The second-order valence-electron chi connectivity index (χ2n) is 4.80. The Hall–Kier alpha value is -0.610. The molecule has 1 N–H and O–H groups in total. The van der Waals surface area contributed by atoms with Crippen molar-refractivity contribution in [2.45, 2.75) is 51.6 Å². The minimum absolute atomic E-state index is 0.142. The van der Waals surface area contributed by atoms with Crippen molar-refractivity contribution in [1.29, 1.82) is 0 Å². The van der Waals surface area contributed by atoms with Crippen LogP contribution in [0.4, 0.5) is 0 Å². The third kappa shape index (κ3) is 4.64. The Kier molecular flexibility index (Phi) is 6.52. The molecule has 2 atom stereocenters. The van der Waals surface area contributed by atoms with E-state index >= 15 is 0 Å². The summed E-state index contributed by atoms with van der Waals surface area (Å²) in [6, 6.07) is 0.503. The molecule has 2 unspecified atom stereocenters. The number of likely N-dealkylation sites (N-methyl/N-ethyl adjacent to an activating group) is 1. The lowest BCUT2D eigenvalue weighted by atomic mass is 10.0. The van der Waals surface area contributed by atoms with Crippen LogP contribution in [0.1, 0.15) is 39.5 Å². The van der Waals surface area contributed by atoms with Crippen LogP contribution >= 0.6 is 0 Å². The molecule has 0 aromatic rings. The number of hydrogen-bond donors (Lipinski definition) is 1. The Balaban J connectivity index is 2.36. The Bertz CT molecular complexity index is 233. The first kappa shape index (κ1) is 14.5. The second-order valence-corrected chi connectivity index (χ2v) is 4.80. The van der Waals surface area contributed by atoms with Gasteiger partial charge in [0.25, 0.3) is 0 Å². The molecule has 0 spiro atoms. The van der Waals surface area contributed by atoms with Gasteiger partial charge < -0.3 is 15.0 Å². The molecule has 1 aliphatic heterocycles. The lowest BCUT2D eigenvalue weighted by Crippen LogP contribution is -2.44. The van der Waals surface area contributed by atoms with E-state index in [4.69, 9.17) is 4.74 Å². The van der Waals surface area contributed by atoms with Crippen molar-refractivity contribution in [1.82, 2.24) is 10.2 Å². The number of nitrogens with zero attached hydrogens (tertiary/aromatic N) is 1. The molecule has 1 fully saturated rings. The number of carbonyl (C=O) groups is 1. The molecule has 0 radical (unpaired) electrons. The predicted molar refractivity (Wildman–Crippen MR) is 69.0 cm³/mol. The molecule has 4 heteroatoms. The van der Waals surface area contributed by atoms with Crippen molar-refractivity contribution < 1.29 is 9.53 Å². The highest BCUT2D eigenvalue weighted by Crippen LogP contribution is 2.16. The van der Waals surface area contributed by atoms with Gasteiger partial charge in [0.15, 0.2) is 0 Å². The first-order valence-corrected chi connectivity index (χ1v) is 6.74. The van der Waals surface area contributed by atoms with Gasteiger partial charge in [-0.1, -0.05) is 13.3 Å². The van der Waals surface area contributed by atoms with E-state index in [0.717, 1.165) is 19.5 Å². The highest BCUT2D eigenvalue weighted by Gasteiger charge is 2.22. The summed E-state index contributed by atoms with van der Waals surface area (Å²) in [5.41, 5.74) is 0. The van der Waals surface area contributed by atoms with Crippen molar-refractivity contribution in [3.05, 3.63) is 0 Å². The predicted octanol–water partition coefficient (Wildman–Crippen LogP) is 1.40. The van der Waals surface area contributed by atoms with Gasteiger partial charge in [0.05, 0.1) is 7.11 Å². The van der Waals surface area contributed by atoms with Crippen molar-refractivity contribution in [2.24, 2.45) is 0 Å². The lowest BCUT2D eigenvalue weighted by Gasteiger charge is -2.34. The van der Waals surface area contributed by atoms with E-state index in [0.29, 0.717) is 6.04 Å². The molecule has 1 heterocycles. The zero-order valence-electron chi connectivity index (χ0n) is 11.4. The minimum Gasteiger partial charge on any atom is -0.468 e. The molecule has 0 amide bonds. The number of piperidine rings is 1. The maximum Gasteiger partial charge on any atom is 0.322 e. The average molecular weight is 242 g/mol. The molecule has 4 nitrogen and oxygen atoms in total. The Morgan fingerprint density at radius 3 is 2.88 bits per heavy atom. The van der Waals surface area contributed by atoms with Crippen LogP contribution < -0.4 is 5.32 Å². The summed E-state index contributed by atoms with van der Waals surface area (Å²) in [5, 5.41) is 3.19. The summed E-state index contributed by atoms with van der Waals surface area (Å²) >= 11 is 0. The van der Waals surface area contributed by atoms with Crippen molar-refractivity contribution in [3.8, 4) is 0 Å². The van der Waals surface area contributed by atoms with Crippen LogP contribution in [0.5, 0.6) is 0 Å². The summed E-state index contributed by atoms with van der Waals surface area (Å²) < 4.78 is 4.81. The Labute approximate surface area is 105 Å². The van der Waals surface area contributed by atoms with Gasteiger partial charge in [0.1, 0.15) is 6.04 Å². The number of nitrogens with one attached hydrogen (secondary N) is 1. The molecule has 0 aliphatic carbocycles. The number of carbonyl (C=O) groups excluding carboxylic acids is 1. The van der Waals surface area contributed by atoms with Crippen LogP contribution in [0.3, 0.4) is 0 Å². The van der Waals surface area contributed by atoms with E-state index in [-0.39, 0.29) is 12.0 Å². The summed E-state index contributed by atoms with van der Waals surface area (Å²) in [4.78, 5) is 14.0. The van der Waals surface area contributed by atoms with Crippen LogP contribution in [-0.4, -0.2) is 49.7 Å². The molecule has 100 valence electrons. The largest absolute Gasteiger partial charge is 0.468 e. The summed E-state index contributed by atoms with van der Waals surface area (Å²) in [6.45, 7) is 7.24. The summed E-state index contributed by atoms with van der Waals surface area (Å²) in [6.07, 6.45) is 4.74. The summed E-state index contributed by atoms with van der Waals surface area (Å²) in [5.74, 6) is -0.142. The zero-order chi connectivity index (χ0) is 12.7. The second kappa shape index (κ2) is 7.67. The number of hydrogen-bond acceptors (Lipinski definition) is 4. The molecular formula is C13H26N2O2. The van der Waals surface area contributed by atoms with Crippen LogP contribution in [-0.2, 0) is 9.53 Å². The highest BCUT2D eigenvalue weighted by atomic mass is 16.5. The molecule has 1 saturated heterocycles. The van der Waals surface area contributed by atoms with Crippen LogP contribution in [0.15, 0.2) is 0 Å². The fourth-order valence-corrected chi connectivity index (χ4v) is 2.48. The van der Waals surface area contributed by atoms with Crippen LogP contribution in [0.2, 0.25) is 0 Å². The number of likely N-dealkylation sites (tertiary alicyclic amines) is 1. The van der Waals surface area contributed by atoms with Gasteiger partial charge in [-0.3, -0.25) is 4.79 Å². The molecule has 0 bridgehead atoms. The topological polar surface area (TPSA) is 41.6 Å². The SMILES string of the molecule is CCNC(CCN1CCCCC1C)C(=O)OC. The number of methoxy groups -OCH3 is 1. The van der Waals surface area contributed by atoms with Gasteiger partial charge in [0.2, 0.25) is 0 Å². The fraction of sp³-hybridized carbons (Fsp3) is 0.923. The van der Waals surface area contributed by atoms with Crippen LogP contribution in [0.25, 0.3) is 0 Å². The third-order valence-corrected chi connectivity index (χ3v) is 3.58. The van der Waals surface area contributed by atoms with Gasteiger partial charge in [-0.05, 0) is 39.3 Å². The first-order valence-electron chi connectivity index (χ1n) is 6.74. The lowest BCUT2D eigenvalue weighted by molar-refractivity contribution is -0.143. The van der Waals surface area contributed by atoms with Gasteiger partial charge in [-0.25, -0.2) is 0 Å². The van der Waals surface area contributed by atoms with E-state index in [9.17, 15) is 4.79 Å². The van der Waals surface area contributed by atoms with E-state index in [1.807, 2.05) is 6.92 Å². The monoisotopic (exact) mass is 242 g/mol. The fourth-order valence-electron chi connectivity index (χ4n) is 2.48. The zero-order valence-corrected chi connectivity index (χ0v) is 11.4. The minimum atomic E-state index is -0.154. The molecule has 1 rings (SSSR count). The average Bonchev–Trinajstić information content (AvgIpc) is 2.35. The normalized spacial score (nSPS) is 23.4. The van der Waals surface area contributed by atoms with E-state index in [1.165, 1.54) is 32.9 Å². The van der Waals surface area contributed by atoms with Gasteiger partial charge in [-0.2, -0.15) is 0 Å².